The van der Waals surface area contributed by atoms with Crippen molar-refractivity contribution < 1.29 is 23.7 Å². The lowest BCUT2D eigenvalue weighted by Gasteiger charge is -2.44. The number of amides is 1. The van der Waals surface area contributed by atoms with Gasteiger partial charge in [-0.1, -0.05) is 44.2 Å². The number of thioether (sulfide) groups is 1. The highest BCUT2D eigenvalue weighted by Gasteiger charge is 2.51. The number of likely N-dealkylation sites (N-methyl/N-ethyl adjacent to an activating group) is 1. The lowest BCUT2D eigenvalue weighted by atomic mass is 9.85. The molecule has 11 heteroatoms. The van der Waals surface area contributed by atoms with Crippen LogP contribution in [-0.4, -0.2) is 90.0 Å². The molecule has 5 rings (SSSR count). The smallest absolute Gasteiger partial charge is 0.248 e. The number of methoxy groups -OCH3 is 3. The third-order valence-electron chi connectivity index (χ3n) is 9.25. The van der Waals surface area contributed by atoms with Gasteiger partial charge in [-0.2, -0.15) is 0 Å². The molecule has 0 aliphatic carbocycles. The predicted octanol–water partition coefficient (Wildman–Crippen LogP) is 7.20. The molecule has 0 radical (unpaired) electrons. The molecule has 0 spiro atoms. The van der Waals surface area contributed by atoms with Gasteiger partial charge in [-0.05, 0) is 67.6 Å². The Hall–Kier alpha value is -2.82. The van der Waals surface area contributed by atoms with E-state index in [1.54, 1.807) is 33.1 Å². The number of carbonyl (C=O) groups is 1. The van der Waals surface area contributed by atoms with Crippen molar-refractivity contribution >= 4 is 48.2 Å². The standard InChI is InChI=1S/C37H49N3O5S.2ClH/c1-27(2)37(36(41)38(3)30-14-8-10-16-34(30)46-37)29-13-7-9-15-31(29)45-24-12-11-18-39-20-22-40(23-21-39)19-17-28-25-32(42-4)35(44-6)33(26-28)43-5;;/h7-10,13-16,25-27H,11-12,17-24H2,1-6H3;2*1H/t37-;;/m1../s1. The molecule has 0 aromatic heterocycles. The van der Waals surface area contributed by atoms with E-state index in [2.05, 4.69) is 35.8 Å². The van der Waals surface area contributed by atoms with Crippen molar-refractivity contribution in [3.8, 4) is 23.0 Å². The number of nitrogens with zero attached hydrogens (tertiary/aromatic N) is 3. The minimum absolute atomic E-state index is 0. The first-order valence-electron chi connectivity index (χ1n) is 16.3. The zero-order valence-electron chi connectivity index (χ0n) is 29.0. The van der Waals surface area contributed by atoms with Gasteiger partial charge in [-0.3, -0.25) is 4.79 Å². The number of ether oxygens (including phenoxy) is 4. The highest BCUT2D eigenvalue weighted by Crippen LogP contribution is 2.56. The second-order valence-corrected chi connectivity index (χ2v) is 13.6. The van der Waals surface area contributed by atoms with E-state index in [-0.39, 0.29) is 36.6 Å². The lowest BCUT2D eigenvalue weighted by Crippen LogP contribution is -2.49. The molecular formula is C37H51Cl2N3O5S. The fourth-order valence-electron chi connectivity index (χ4n) is 6.56. The highest BCUT2D eigenvalue weighted by atomic mass is 35.5. The van der Waals surface area contributed by atoms with Gasteiger partial charge in [0.25, 0.3) is 0 Å². The van der Waals surface area contributed by atoms with Gasteiger partial charge in [-0.15, -0.1) is 36.6 Å². The summed E-state index contributed by atoms with van der Waals surface area (Å²) >= 11 is 1.66. The number of fused-ring (bicyclic) bond motifs is 1. The zero-order valence-corrected chi connectivity index (χ0v) is 31.5. The number of piperazine rings is 1. The Bertz CT molecular complexity index is 1460. The molecule has 1 fully saturated rings. The normalized spacial score (nSPS) is 18.1. The van der Waals surface area contributed by atoms with Crippen molar-refractivity contribution in [3.05, 3.63) is 71.8 Å². The monoisotopic (exact) mass is 719 g/mol. The van der Waals surface area contributed by atoms with E-state index >= 15 is 0 Å². The number of unbranched alkanes of at least 4 members (excludes halogenated alkanes) is 1. The summed E-state index contributed by atoms with van der Waals surface area (Å²) in [4.78, 5) is 22.0. The third kappa shape index (κ3) is 8.48. The number of carbonyl (C=O) groups excluding carboxylic acids is 1. The zero-order chi connectivity index (χ0) is 32.7. The fourth-order valence-corrected chi connectivity index (χ4v) is 8.11. The van der Waals surface area contributed by atoms with E-state index in [9.17, 15) is 4.79 Å². The molecule has 48 heavy (non-hydrogen) atoms. The first kappa shape index (κ1) is 39.6. The average Bonchev–Trinajstić information content (AvgIpc) is 3.08. The van der Waals surface area contributed by atoms with Gasteiger partial charge in [0.05, 0.1) is 33.6 Å². The maximum Gasteiger partial charge on any atom is 0.248 e. The Kier molecular flexibility index (Phi) is 15.1. The minimum atomic E-state index is -0.745. The Balaban J connectivity index is 0.00000312. The van der Waals surface area contributed by atoms with Crippen molar-refractivity contribution in [2.45, 2.75) is 42.8 Å². The number of hydrogen-bond donors (Lipinski definition) is 0. The van der Waals surface area contributed by atoms with Gasteiger partial charge in [0.2, 0.25) is 11.7 Å². The van der Waals surface area contributed by atoms with Crippen LogP contribution in [0.1, 0.15) is 37.8 Å². The second-order valence-electron chi connectivity index (χ2n) is 12.3. The molecule has 2 aliphatic rings. The average molecular weight is 721 g/mol. The molecule has 1 amide bonds. The molecule has 0 saturated carbocycles. The Morgan fingerprint density at radius 2 is 1.40 bits per heavy atom. The second kappa shape index (κ2) is 18.3. The van der Waals surface area contributed by atoms with Crippen LogP contribution in [0.25, 0.3) is 0 Å². The van der Waals surface area contributed by atoms with E-state index in [4.69, 9.17) is 18.9 Å². The quantitative estimate of drug-likeness (QED) is 0.162. The Morgan fingerprint density at radius 3 is 2.02 bits per heavy atom. The van der Waals surface area contributed by atoms with Gasteiger partial charge >= 0.3 is 0 Å². The molecule has 0 unspecified atom stereocenters. The van der Waals surface area contributed by atoms with E-state index < -0.39 is 4.75 Å². The summed E-state index contributed by atoms with van der Waals surface area (Å²) < 4.78 is 22.2. The number of rotatable bonds is 14. The molecule has 3 aromatic rings. The van der Waals surface area contributed by atoms with Crippen LogP contribution in [0.4, 0.5) is 5.69 Å². The number of para-hydroxylation sites is 2. The number of hydrogen-bond acceptors (Lipinski definition) is 8. The van der Waals surface area contributed by atoms with Crippen LogP contribution in [-0.2, 0) is 16.0 Å². The molecule has 2 heterocycles. The van der Waals surface area contributed by atoms with Crippen molar-refractivity contribution in [1.82, 2.24) is 9.80 Å². The largest absolute Gasteiger partial charge is 0.493 e. The molecule has 8 nitrogen and oxygen atoms in total. The summed E-state index contributed by atoms with van der Waals surface area (Å²) in [5.74, 6) is 3.02. The van der Waals surface area contributed by atoms with Gasteiger partial charge < -0.3 is 33.6 Å². The van der Waals surface area contributed by atoms with E-state index in [1.807, 2.05) is 60.5 Å². The number of benzene rings is 3. The van der Waals surface area contributed by atoms with E-state index in [1.165, 1.54) is 5.56 Å². The topological polar surface area (TPSA) is 63.7 Å². The Labute approximate surface area is 303 Å². The molecule has 1 saturated heterocycles. The maximum absolute atomic E-state index is 14.0. The SMILES string of the molecule is COc1cc(CCN2CCN(CCCCOc3ccccc3[C@@]3(C(C)C)Sc4ccccc4N(C)C3=O)CC2)cc(OC)c1OC.Cl.Cl. The summed E-state index contributed by atoms with van der Waals surface area (Å²) in [7, 11) is 6.83. The van der Waals surface area contributed by atoms with E-state index in [0.29, 0.717) is 23.9 Å². The van der Waals surface area contributed by atoms with Crippen molar-refractivity contribution in [2.24, 2.45) is 5.92 Å². The number of halogens is 2. The molecule has 0 bridgehead atoms. The van der Waals surface area contributed by atoms with Gasteiger partial charge in [0.15, 0.2) is 11.5 Å². The molecule has 264 valence electrons. The van der Waals surface area contributed by atoms with Crippen molar-refractivity contribution in [2.75, 3.05) is 79.2 Å². The third-order valence-corrected chi connectivity index (χ3v) is 11.0. The van der Waals surface area contributed by atoms with Crippen LogP contribution in [0.3, 0.4) is 0 Å². The van der Waals surface area contributed by atoms with Gasteiger partial charge in [0, 0.05) is 50.2 Å². The summed E-state index contributed by atoms with van der Waals surface area (Å²) in [5.41, 5.74) is 3.11. The van der Waals surface area contributed by atoms with Crippen LogP contribution >= 0.6 is 36.6 Å². The first-order valence-corrected chi connectivity index (χ1v) is 17.2. The van der Waals surface area contributed by atoms with Crippen LogP contribution in [0.2, 0.25) is 0 Å². The lowest BCUT2D eigenvalue weighted by molar-refractivity contribution is -0.122. The molecule has 1 atom stereocenters. The summed E-state index contributed by atoms with van der Waals surface area (Å²) in [5, 5.41) is 0. The molecule has 3 aromatic carbocycles. The van der Waals surface area contributed by atoms with Crippen molar-refractivity contribution in [3.63, 3.8) is 0 Å². The van der Waals surface area contributed by atoms with Crippen LogP contribution in [0.5, 0.6) is 23.0 Å². The predicted molar refractivity (Wildman–Crippen MR) is 201 cm³/mol. The highest BCUT2D eigenvalue weighted by molar-refractivity contribution is 8.01. The van der Waals surface area contributed by atoms with Gasteiger partial charge in [0.1, 0.15) is 10.5 Å². The van der Waals surface area contributed by atoms with Crippen LogP contribution < -0.4 is 23.8 Å². The summed E-state index contributed by atoms with van der Waals surface area (Å²) in [6.07, 6.45) is 2.97. The Morgan fingerprint density at radius 1 is 0.792 bits per heavy atom. The van der Waals surface area contributed by atoms with E-state index in [0.717, 1.165) is 80.4 Å². The molecular weight excluding hydrogens is 669 g/mol. The molecule has 2 aliphatic heterocycles. The number of anilines is 1. The van der Waals surface area contributed by atoms with Crippen LogP contribution in [0, 0.1) is 5.92 Å². The van der Waals surface area contributed by atoms with Crippen molar-refractivity contribution in [1.29, 1.82) is 0 Å². The van der Waals surface area contributed by atoms with Gasteiger partial charge in [-0.25, -0.2) is 0 Å². The summed E-state index contributed by atoms with van der Waals surface area (Å²) in [6.45, 7) is 11.2. The summed E-state index contributed by atoms with van der Waals surface area (Å²) in [6, 6.07) is 20.4. The maximum atomic E-state index is 14.0. The minimum Gasteiger partial charge on any atom is -0.493 e. The van der Waals surface area contributed by atoms with Crippen LogP contribution in [0.15, 0.2) is 65.6 Å². The fraction of sp³-hybridized carbons (Fsp3) is 0.486. The molecule has 0 N–H and O–H groups in total. The first-order chi connectivity index (χ1) is 22.3.